The number of anilines is 1. The van der Waals surface area contributed by atoms with Crippen LogP contribution in [0, 0.1) is 11.8 Å². The van der Waals surface area contributed by atoms with Gasteiger partial charge in [-0.25, -0.2) is 4.98 Å². The Morgan fingerprint density at radius 3 is 2.52 bits per heavy atom. The number of rotatable bonds is 5. The average molecular weight is 369 g/mol. The Hall–Kier alpha value is -1.51. The standard InChI is InChI=1S/C16H25N3O2S.CH2O2/c1-3-14(15(21)18-16-17-4-5-22-16)19(2)12-6-10-8-13(20)9-11(10)7-12;2-1-3/h4-5,10-14,20H,3,6-9H2,1-2H3,(H,17,18,21);1H,(H,2,3)/t10-,11+,12?,13?,14?;. The predicted molar refractivity (Wildman–Crippen MR) is 96.5 cm³/mol. The first-order chi connectivity index (χ1) is 12.0. The number of hydrogen-bond acceptors (Lipinski definition) is 6. The van der Waals surface area contributed by atoms with E-state index < -0.39 is 0 Å². The number of likely N-dealkylation sites (N-methyl/N-ethyl adjacent to an activating group) is 1. The van der Waals surface area contributed by atoms with Crippen LogP contribution in [-0.2, 0) is 9.59 Å². The Kier molecular flexibility index (Phi) is 7.34. The summed E-state index contributed by atoms with van der Waals surface area (Å²) >= 11 is 1.45. The number of carbonyl (C=O) groups is 2. The van der Waals surface area contributed by atoms with Crippen molar-refractivity contribution in [2.75, 3.05) is 12.4 Å². The SMILES string of the molecule is CCC(C(=O)Nc1nccs1)N(C)C1C[C@H]2CC(O)C[C@H]2C1.O=CO. The Morgan fingerprint density at radius 2 is 2.04 bits per heavy atom. The summed E-state index contributed by atoms with van der Waals surface area (Å²) in [6, 6.07) is 0.340. The predicted octanol–water partition coefficient (Wildman–Crippen LogP) is 2.04. The molecular weight excluding hydrogens is 342 g/mol. The fourth-order valence-corrected chi connectivity index (χ4v) is 4.80. The van der Waals surface area contributed by atoms with Gasteiger partial charge in [0, 0.05) is 17.6 Å². The van der Waals surface area contributed by atoms with Crippen LogP contribution in [0.3, 0.4) is 0 Å². The number of carboxylic acid groups (broad SMARTS) is 1. The number of hydrogen-bond donors (Lipinski definition) is 3. The minimum absolute atomic E-state index is 0.0389. The zero-order chi connectivity index (χ0) is 18.4. The van der Waals surface area contributed by atoms with Gasteiger partial charge < -0.3 is 15.5 Å². The van der Waals surface area contributed by atoms with Crippen molar-refractivity contribution in [2.24, 2.45) is 11.8 Å². The first kappa shape index (κ1) is 19.8. The van der Waals surface area contributed by atoms with Crippen LogP contribution in [0.5, 0.6) is 0 Å². The summed E-state index contributed by atoms with van der Waals surface area (Å²) in [4.78, 5) is 27.2. The number of aliphatic hydroxyl groups is 1. The molecule has 25 heavy (non-hydrogen) atoms. The molecule has 3 unspecified atom stereocenters. The Bertz CT molecular complexity index is 540. The lowest BCUT2D eigenvalue weighted by Gasteiger charge is -2.32. The topological polar surface area (TPSA) is 103 Å². The van der Waals surface area contributed by atoms with Crippen LogP contribution in [0.25, 0.3) is 0 Å². The monoisotopic (exact) mass is 369 g/mol. The lowest BCUT2D eigenvalue weighted by molar-refractivity contribution is -0.123. The van der Waals surface area contributed by atoms with Crippen LogP contribution in [0.2, 0.25) is 0 Å². The van der Waals surface area contributed by atoms with E-state index in [4.69, 9.17) is 9.90 Å². The molecule has 2 fully saturated rings. The molecule has 1 amide bonds. The van der Waals surface area contributed by atoms with Gasteiger partial charge in [-0.05, 0) is 51.0 Å². The molecule has 0 saturated heterocycles. The maximum absolute atomic E-state index is 12.5. The number of aliphatic hydroxyl groups excluding tert-OH is 1. The molecule has 7 nitrogen and oxygen atoms in total. The van der Waals surface area contributed by atoms with E-state index in [1.807, 2.05) is 5.38 Å². The molecule has 2 aliphatic carbocycles. The smallest absolute Gasteiger partial charge is 0.290 e. The van der Waals surface area contributed by atoms with E-state index in [1.165, 1.54) is 11.3 Å². The molecule has 0 bridgehead atoms. The summed E-state index contributed by atoms with van der Waals surface area (Å²) in [7, 11) is 2.07. The summed E-state index contributed by atoms with van der Waals surface area (Å²) in [6.45, 7) is 1.81. The molecule has 1 heterocycles. The number of nitrogens with one attached hydrogen (secondary N) is 1. The first-order valence-corrected chi connectivity index (χ1v) is 9.56. The highest BCUT2D eigenvalue weighted by molar-refractivity contribution is 7.13. The van der Waals surface area contributed by atoms with E-state index in [-0.39, 0.29) is 24.5 Å². The number of fused-ring (bicyclic) bond motifs is 1. The highest BCUT2D eigenvalue weighted by atomic mass is 32.1. The molecule has 5 atom stereocenters. The van der Waals surface area contributed by atoms with Gasteiger partial charge in [0.25, 0.3) is 6.47 Å². The molecular formula is C17H27N3O4S. The first-order valence-electron chi connectivity index (χ1n) is 8.68. The Balaban J connectivity index is 0.000000701. The second kappa shape index (κ2) is 9.26. The number of aromatic nitrogens is 1. The van der Waals surface area contributed by atoms with Crippen molar-refractivity contribution in [1.82, 2.24) is 9.88 Å². The van der Waals surface area contributed by atoms with Crippen molar-refractivity contribution in [3.8, 4) is 0 Å². The van der Waals surface area contributed by atoms with E-state index in [0.717, 1.165) is 32.1 Å². The van der Waals surface area contributed by atoms with Gasteiger partial charge in [0.05, 0.1) is 12.1 Å². The summed E-state index contributed by atoms with van der Waals surface area (Å²) in [6.07, 6.45) is 6.50. The summed E-state index contributed by atoms with van der Waals surface area (Å²) in [5.41, 5.74) is 0. The molecule has 0 aromatic carbocycles. The third-order valence-electron chi connectivity index (χ3n) is 5.39. The maximum atomic E-state index is 12.5. The molecule has 2 saturated carbocycles. The zero-order valence-corrected chi connectivity index (χ0v) is 15.5. The quantitative estimate of drug-likeness (QED) is 0.687. The molecule has 8 heteroatoms. The van der Waals surface area contributed by atoms with Gasteiger partial charge in [0.2, 0.25) is 5.91 Å². The normalized spacial score (nSPS) is 28.8. The van der Waals surface area contributed by atoms with Crippen molar-refractivity contribution in [1.29, 1.82) is 0 Å². The third kappa shape index (κ3) is 4.99. The maximum Gasteiger partial charge on any atom is 0.290 e. The third-order valence-corrected chi connectivity index (χ3v) is 6.07. The van der Waals surface area contributed by atoms with Gasteiger partial charge in [-0.2, -0.15) is 0 Å². The van der Waals surface area contributed by atoms with Gasteiger partial charge in [-0.1, -0.05) is 6.92 Å². The summed E-state index contributed by atoms with van der Waals surface area (Å²) in [5, 5.41) is 22.1. The van der Waals surface area contributed by atoms with E-state index in [0.29, 0.717) is 23.0 Å². The van der Waals surface area contributed by atoms with Gasteiger partial charge in [-0.3, -0.25) is 14.5 Å². The molecule has 3 N–H and O–H groups in total. The summed E-state index contributed by atoms with van der Waals surface area (Å²) < 4.78 is 0. The minimum atomic E-state index is -0.250. The fraction of sp³-hybridized carbons (Fsp3) is 0.706. The van der Waals surface area contributed by atoms with Gasteiger partial charge >= 0.3 is 0 Å². The Morgan fingerprint density at radius 1 is 1.44 bits per heavy atom. The zero-order valence-electron chi connectivity index (χ0n) is 14.7. The lowest BCUT2D eigenvalue weighted by Crippen LogP contribution is -2.46. The molecule has 3 rings (SSSR count). The van der Waals surface area contributed by atoms with Crippen LogP contribution in [0.4, 0.5) is 5.13 Å². The molecule has 1 aromatic heterocycles. The van der Waals surface area contributed by atoms with Crippen molar-refractivity contribution in [3.63, 3.8) is 0 Å². The minimum Gasteiger partial charge on any atom is -0.483 e. The molecule has 0 radical (unpaired) electrons. The van der Waals surface area contributed by atoms with Crippen molar-refractivity contribution in [3.05, 3.63) is 11.6 Å². The highest BCUT2D eigenvalue weighted by Crippen LogP contribution is 2.45. The molecule has 140 valence electrons. The van der Waals surface area contributed by atoms with Crippen LogP contribution in [-0.4, -0.2) is 57.7 Å². The van der Waals surface area contributed by atoms with E-state index in [1.54, 1.807) is 6.20 Å². The number of amides is 1. The largest absolute Gasteiger partial charge is 0.483 e. The van der Waals surface area contributed by atoms with Crippen LogP contribution >= 0.6 is 11.3 Å². The number of carbonyl (C=O) groups excluding carboxylic acids is 1. The van der Waals surface area contributed by atoms with Crippen LogP contribution < -0.4 is 5.32 Å². The van der Waals surface area contributed by atoms with Crippen molar-refractivity contribution >= 4 is 28.8 Å². The van der Waals surface area contributed by atoms with Crippen LogP contribution in [0.1, 0.15) is 39.0 Å². The van der Waals surface area contributed by atoms with Gasteiger partial charge in [0.15, 0.2) is 5.13 Å². The van der Waals surface area contributed by atoms with Crippen molar-refractivity contribution < 1.29 is 19.8 Å². The molecule has 1 aromatic rings. The van der Waals surface area contributed by atoms with Gasteiger partial charge in [-0.15, -0.1) is 11.3 Å². The highest BCUT2D eigenvalue weighted by Gasteiger charge is 2.43. The Labute approximate surface area is 152 Å². The second-order valence-corrected chi connectivity index (χ2v) is 7.69. The number of thiazole rings is 1. The molecule has 2 aliphatic rings. The number of nitrogens with zero attached hydrogens (tertiary/aromatic N) is 2. The molecule has 0 aliphatic heterocycles. The fourth-order valence-electron chi connectivity index (χ4n) is 4.27. The average Bonchev–Trinajstić information content (AvgIpc) is 3.25. The van der Waals surface area contributed by atoms with Gasteiger partial charge in [0.1, 0.15) is 0 Å². The van der Waals surface area contributed by atoms with E-state index >= 15 is 0 Å². The lowest BCUT2D eigenvalue weighted by atomic mass is 10.0. The van der Waals surface area contributed by atoms with Crippen LogP contribution in [0.15, 0.2) is 11.6 Å². The van der Waals surface area contributed by atoms with E-state index in [9.17, 15) is 9.90 Å². The van der Waals surface area contributed by atoms with Crippen molar-refractivity contribution in [2.45, 2.75) is 57.2 Å². The van der Waals surface area contributed by atoms with E-state index in [2.05, 4.69) is 29.2 Å². The molecule has 0 spiro atoms. The second-order valence-electron chi connectivity index (χ2n) is 6.79. The summed E-state index contributed by atoms with van der Waals surface area (Å²) in [5.74, 6) is 1.32.